The molecule has 0 bridgehead atoms. The van der Waals surface area contributed by atoms with Crippen molar-refractivity contribution in [3.8, 4) is 0 Å². The molecule has 3 nitrogen and oxygen atoms in total. The van der Waals surface area contributed by atoms with Crippen molar-refractivity contribution in [2.75, 3.05) is 6.26 Å². The zero-order valence-electron chi connectivity index (χ0n) is 11.4. The lowest BCUT2D eigenvalue weighted by Gasteiger charge is -2.28. The number of nitrogens with zero attached hydrogens (tertiary/aromatic N) is 2. The summed E-state index contributed by atoms with van der Waals surface area (Å²) < 4.78 is 3.12. The summed E-state index contributed by atoms with van der Waals surface area (Å²) in [5.74, 6) is 0. The second-order valence-corrected chi connectivity index (χ2v) is 7.00. The van der Waals surface area contributed by atoms with E-state index in [0.717, 1.165) is 22.0 Å². The first-order chi connectivity index (χ1) is 8.61. The molecule has 1 aromatic heterocycles. The monoisotopic (exact) mass is 331 g/mol. The maximum Gasteiger partial charge on any atom is 0.0739 e. The largest absolute Gasteiger partial charge is 0.308 e. The van der Waals surface area contributed by atoms with E-state index in [-0.39, 0.29) is 0 Å². The van der Waals surface area contributed by atoms with E-state index in [1.165, 1.54) is 31.4 Å². The van der Waals surface area contributed by atoms with Crippen LogP contribution in [0.25, 0.3) is 0 Å². The van der Waals surface area contributed by atoms with Gasteiger partial charge in [-0.3, -0.25) is 4.68 Å². The Bertz CT molecular complexity index is 405. The summed E-state index contributed by atoms with van der Waals surface area (Å²) in [5, 5.41) is 8.96. The van der Waals surface area contributed by atoms with Gasteiger partial charge in [0.25, 0.3) is 0 Å². The Morgan fingerprint density at radius 2 is 2.28 bits per heavy atom. The second kappa shape index (κ2) is 6.44. The Morgan fingerprint density at radius 3 is 2.89 bits per heavy atom. The van der Waals surface area contributed by atoms with Gasteiger partial charge >= 0.3 is 0 Å². The molecule has 0 spiro atoms. The maximum atomic E-state index is 4.43. The number of hydrogen-bond acceptors (Lipinski definition) is 3. The first-order valence-electron chi connectivity index (χ1n) is 6.56. The lowest BCUT2D eigenvalue weighted by atomic mass is 9.95. The lowest BCUT2D eigenvalue weighted by molar-refractivity contribution is 0.375. The number of thioether (sulfide) groups is 1. The first kappa shape index (κ1) is 14.4. The predicted octanol–water partition coefficient (Wildman–Crippen LogP) is 3.25. The molecule has 2 unspecified atom stereocenters. The van der Waals surface area contributed by atoms with Crippen LogP contribution in [0.1, 0.15) is 37.1 Å². The fourth-order valence-electron chi connectivity index (χ4n) is 2.66. The molecule has 1 aliphatic carbocycles. The van der Waals surface area contributed by atoms with Gasteiger partial charge in [-0.2, -0.15) is 16.9 Å². The van der Waals surface area contributed by atoms with Gasteiger partial charge in [-0.1, -0.05) is 6.42 Å². The summed E-state index contributed by atoms with van der Waals surface area (Å²) in [5.41, 5.74) is 2.32. The summed E-state index contributed by atoms with van der Waals surface area (Å²) in [6.07, 6.45) is 7.58. The first-order valence-corrected chi connectivity index (χ1v) is 8.64. The number of hydrogen-bond donors (Lipinski definition) is 1. The van der Waals surface area contributed by atoms with Crippen molar-refractivity contribution in [1.29, 1.82) is 0 Å². The van der Waals surface area contributed by atoms with E-state index >= 15 is 0 Å². The highest BCUT2D eigenvalue weighted by Gasteiger charge is 2.21. The summed E-state index contributed by atoms with van der Waals surface area (Å²) in [6.45, 7) is 2.95. The molecule has 2 rings (SSSR count). The molecule has 1 saturated carbocycles. The zero-order valence-corrected chi connectivity index (χ0v) is 13.8. The minimum atomic E-state index is 0.665. The summed E-state index contributed by atoms with van der Waals surface area (Å²) in [7, 11) is 2.01. The molecule has 1 heterocycles. The second-order valence-electron chi connectivity index (χ2n) is 5.07. The number of aromatic nitrogens is 2. The van der Waals surface area contributed by atoms with E-state index in [0.29, 0.717) is 6.04 Å². The van der Waals surface area contributed by atoms with Gasteiger partial charge in [0.1, 0.15) is 0 Å². The van der Waals surface area contributed by atoms with Crippen LogP contribution in [-0.4, -0.2) is 27.3 Å². The molecule has 18 heavy (non-hydrogen) atoms. The molecule has 5 heteroatoms. The van der Waals surface area contributed by atoms with Gasteiger partial charge in [-0.15, -0.1) is 0 Å². The molecule has 102 valence electrons. The van der Waals surface area contributed by atoms with Crippen LogP contribution in [0, 0.1) is 6.92 Å². The van der Waals surface area contributed by atoms with Gasteiger partial charge in [-0.25, -0.2) is 0 Å². The van der Waals surface area contributed by atoms with Crippen molar-refractivity contribution in [2.45, 2.75) is 50.4 Å². The highest BCUT2D eigenvalue weighted by atomic mass is 79.9. The van der Waals surface area contributed by atoms with Crippen molar-refractivity contribution < 1.29 is 0 Å². The third kappa shape index (κ3) is 3.31. The molecule has 1 aromatic rings. The number of aryl methyl sites for hydroxylation is 2. The molecule has 1 N–H and O–H groups in total. The molecule has 0 aliphatic heterocycles. The van der Waals surface area contributed by atoms with Crippen LogP contribution in [0.2, 0.25) is 0 Å². The molecular weight excluding hydrogens is 310 g/mol. The summed E-state index contributed by atoms with van der Waals surface area (Å²) in [4.78, 5) is 0. The van der Waals surface area contributed by atoms with Crippen LogP contribution in [-0.2, 0) is 13.6 Å². The van der Waals surface area contributed by atoms with Crippen molar-refractivity contribution in [1.82, 2.24) is 15.1 Å². The maximum absolute atomic E-state index is 4.43. The van der Waals surface area contributed by atoms with Crippen LogP contribution in [0.4, 0.5) is 0 Å². The van der Waals surface area contributed by atoms with E-state index in [9.17, 15) is 0 Å². The average molecular weight is 332 g/mol. The lowest BCUT2D eigenvalue weighted by Crippen LogP contribution is -2.35. The van der Waals surface area contributed by atoms with Crippen molar-refractivity contribution in [2.24, 2.45) is 7.05 Å². The van der Waals surface area contributed by atoms with E-state index in [1.54, 1.807) is 0 Å². The van der Waals surface area contributed by atoms with Crippen molar-refractivity contribution >= 4 is 27.7 Å². The molecule has 0 saturated heterocycles. The van der Waals surface area contributed by atoms with E-state index < -0.39 is 0 Å². The van der Waals surface area contributed by atoms with E-state index in [4.69, 9.17) is 0 Å². The molecule has 0 radical (unpaired) electrons. The number of nitrogens with one attached hydrogen (secondary N) is 1. The predicted molar refractivity (Wildman–Crippen MR) is 82.0 cm³/mol. The smallest absolute Gasteiger partial charge is 0.0739 e. The third-order valence-corrected chi connectivity index (χ3v) is 5.91. The quantitative estimate of drug-likeness (QED) is 0.918. The fourth-order valence-corrected chi connectivity index (χ4v) is 3.96. The molecule has 1 aliphatic rings. The molecule has 2 atom stereocenters. The zero-order chi connectivity index (χ0) is 13.1. The highest BCUT2D eigenvalue weighted by Crippen LogP contribution is 2.27. The Hall–Kier alpha value is 0. The SMILES string of the molecule is CSC1CCCC(NCc2c(Br)c(C)nn2C)C1. The van der Waals surface area contributed by atoms with Crippen LogP contribution >= 0.6 is 27.7 Å². The molecule has 0 amide bonds. The van der Waals surface area contributed by atoms with Crippen molar-refractivity contribution in [3.63, 3.8) is 0 Å². The normalized spacial score (nSPS) is 24.4. The highest BCUT2D eigenvalue weighted by molar-refractivity contribution is 9.10. The minimum absolute atomic E-state index is 0.665. The number of rotatable bonds is 4. The van der Waals surface area contributed by atoms with Crippen LogP contribution in [0.5, 0.6) is 0 Å². The van der Waals surface area contributed by atoms with Crippen LogP contribution in [0.3, 0.4) is 0 Å². The van der Waals surface area contributed by atoms with Crippen molar-refractivity contribution in [3.05, 3.63) is 15.9 Å². The van der Waals surface area contributed by atoms with E-state index in [2.05, 4.69) is 32.6 Å². The number of halogens is 1. The summed E-state index contributed by atoms with van der Waals surface area (Å²) in [6, 6.07) is 0.665. The van der Waals surface area contributed by atoms with Crippen LogP contribution in [0.15, 0.2) is 4.47 Å². The topological polar surface area (TPSA) is 29.9 Å². The third-order valence-electron chi connectivity index (χ3n) is 3.78. The molecule has 0 aromatic carbocycles. The fraction of sp³-hybridized carbons (Fsp3) is 0.769. The average Bonchev–Trinajstić information content (AvgIpc) is 2.61. The standard InChI is InChI=1S/C13H22BrN3S/c1-9-13(14)12(17(2)16-9)8-15-10-5-4-6-11(7-10)18-3/h10-11,15H,4-8H2,1-3H3. The Balaban J connectivity index is 1.91. The van der Waals surface area contributed by atoms with E-state index in [1.807, 2.05) is 30.4 Å². The molecule has 1 fully saturated rings. The Kier molecular flexibility index (Phi) is 5.15. The van der Waals surface area contributed by atoms with Gasteiger partial charge in [0.15, 0.2) is 0 Å². The van der Waals surface area contributed by atoms with Gasteiger partial charge in [0.2, 0.25) is 0 Å². The Labute approximate surface area is 122 Å². The van der Waals surface area contributed by atoms with Gasteiger partial charge in [0, 0.05) is 24.9 Å². The van der Waals surface area contributed by atoms with Crippen LogP contribution < -0.4 is 5.32 Å². The molecular formula is C13H22BrN3S. The summed E-state index contributed by atoms with van der Waals surface area (Å²) >= 11 is 5.64. The minimum Gasteiger partial charge on any atom is -0.308 e. The van der Waals surface area contributed by atoms with Gasteiger partial charge in [-0.05, 0) is 48.4 Å². The van der Waals surface area contributed by atoms with Gasteiger partial charge in [0.05, 0.1) is 15.9 Å². The van der Waals surface area contributed by atoms with Gasteiger partial charge < -0.3 is 5.32 Å². The Morgan fingerprint density at radius 1 is 1.50 bits per heavy atom.